The van der Waals surface area contributed by atoms with Gasteiger partial charge in [-0.05, 0) is 43.1 Å². The summed E-state index contributed by atoms with van der Waals surface area (Å²) >= 11 is 12.3. The van der Waals surface area contributed by atoms with Gasteiger partial charge in [0.15, 0.2) is 0 Å². The van der Waals surface area contributed by atoms with Crippen molar-refractivity contribution in [3.63, 3.8) is 0 Å². The maximum Gasteiger partial charge on any atom is 0.209 e. The van der Waals surface area contributed by atoms with Crippen LogP contribution in [0.25, 0.3) is 0 Å². The van der Waals surface area contributed by atoms with E-state index < -0.39 is 0 Å². The quantitative estimate of drug-likeness (QED) is 0.752. The van der Waals surface area contributed by atoms with Gasteiger partial charge in [0.25, 0.3) is 0 Å². The Kier molecular flexibility index (Phi) is 5.50. The van der Waals surface area contributed by atoms with Gasteiger partial charge in [0.1, 0.15) is 0 Å². The van der Waals surface area contributed by atoms with E-state index in [1.165, 1.54) is 12.8 Å². The number of halogens is 2. The first-order chi connectivity index (χ1) is 9.93. The molecular weight excluding hydrogens is 307 g/mol. The Hall–Kier alpha value is -0.800. The SMILES string of the molecule is CC1(C)CCC(N(C=O)CCc2c(Cl)cncc2Cl)CC1. The Morgan fingerprint density at radius 3 is 2.38 bits per heavy atom. The van der Waals surface area contributed by atoms with Crippen molar-refractivity contribution in [1.29, 1.82) is 0 Å². The molecule has 1 amide bonds. The number of carbonyl (C=O) groups excluding carboxylic acids is 1. The summed E-state index contributed by atoms with van der Waals surface area (Å²) < 4.78 is 0. The Morgan fingerprint density at radius 1 is 1.29 bits per heavy atom. The van der Waals surface area contributed by atoms with Crippen molar-refractivity contribution in [2.45, 2.75) is 52.0 Å². The van der Waals surface area contributed by atoms with Crippen LogP contribution in [0.1, 0.15) is 45.1 Å². The molecule has 1 heterocycles. The molecule has 116 valence electrons. The predicted octanol–water partition coefficient (Wildman–Crippen LogP) is 4.36. The van der Waals surface area contributed by atoms with E-state index in [4.69, 9.17) is 23.2 Å². The molecule has 3 nitrogen and oxygen atoms in total. The van der Waals surface area contributed by atoms with E-state index in [9.17, 15) is 4.79 Å². The zero-order valence-corrected chi connectivity index (χ0v) is 14.1. The second-order valence-corrected chi connectivity index (χ2v) is 7.38. The molecule has 0 saturated heterocycles. The minimum atomic E-state index is 0.343. The summed E-state index contributed by atoms with van der Waals surface area (Å²) in [7, 11) is 0. The molecule has 1 aromatic heterocycles. The second-order valence-electron chi connectivity index (χ2n) is 6.57. The van der Waals surface area contributed by atoms with Gasteiger partial charge in [-0.3, -0.25) is 9.78 Å². The molecule has 0 unspecified atom stereocenters. The number of carbonyl (C=O) groups is 1. The Labute approximate surface area is 136 Å². The standard InChI is InChI=1S/C16H22Cl2N2O/c1-16(2)6-3-12(4-7-16)20(11-21)8-5-13-14(17)9-19-10-15(13)18/h9-12H,3-8H2,1-2H3. The molecule has 1 saturated carbocycles. The van der Waals surface area contributed by atoms with E-state index in [2.05, 4.69) is 18.8 Å². The summed E-state index contributed by atoms with van der Waals surface area (Å²) in [5.74, 6) is 0. The van der Waals surface area contributed by atoms with E-state index in [0.717, 1.165) is 24.8 Å². The van der Waals surface area contributed by atoms with Gasteiger partial charge in [0.05, 0.1) is 10.0 Å². The number of amides is 1. The molecule has 0 atom stereocenters. The third kappa shape index (κ3) is 4.33. The number of hydrogen-bond donors (Lipinski definition) is 0. The van der Waals surface area contributed by atoms with Crippen molar-refractivity contribution in [1.82, 2.24) is 9.88 Å². The lowest BCUT2D eigenvalue weighted by atomic mass is 9.75. The highest BCUT2D eigenvalue weighted by molar-refractivity contribution is 6.35. The van der Waals surface area contributed by atoms with Gasteiger partial charge in [-0.1, -0.05) is 37.0 Å². The van der Waals surface area contributed by atoms with Crippen LogP contribution in [0.5, 0.6) is 0 Å². The van der Waals surface area contributed by atoms with E-state index in [-0.39, 0.29) is 0 Å². The molecule has 0 bridgehead atoms. The summed E-state index contributed by atoms with van der Waals surface area (Å²) in [6.07, 6.45) is 9.30. The molecule has 1 fully saturated rings. The van der Waals surface area contributed by atoms with Crippen molar-refractivity contribution >= 4 is 29.6 Å². The van der Waals surface area contributed by atoms with Crippen LogP contribution in [0, 0.1) is 5.41 Å². The summed E-state index contributed by atoms with van der Waals surface area (Å²) in [6.45, 7) is 5.24. The minimum absolute atomic E-state index is 0.343. The van der Waals surface area contributed by atoms with E-state index in [0.29, 0.717) is 34.5 Å². The van der Waals surface area contributed by atoms with Gasteiger partial charge in [-0.25, -0.2) is 0 Å². The monoisotopic (exact) mass is 328 g/mol. The van der Waals surface area contributed by atoms with Crippen molar-refractivity contribution in [3.05, 3.63) is 28.0 Å². The van der Waals surface area contributed by atoms with Crippen LogP contribution in [-0.4, -0.2) is 28.9 Å². The number of nitrogens with zero attached hydrogens (tertiary/aromatic N) is 2. The molecule has 0 spiro atoms. The van der Waals surface area contributed by atoms with Crippen LogP contribution in [0.2, 0.25) is 10.0 Å². The first-order valence-corrected chi connectivity index (χ1v) is 8.17. The fraction of sp³-hybridized carbons (Fsp3) is 0.625. The molecule has 0 N–H and O–H groups in total. The van der Waals surface area contributed by atoms with Crippen LogP contribution < -0.4 is 0 Å². The van der Waals surface area contributed by atoms with Gasteiger partial charge < -0.3 is 4.90 Å². The van der Waals surface area contributed by atoms with Crippen LogP contribution >= 0.6 is 23.2 Å². The van der Waals surface area contributed by atoms with Crippen molar-refractivity contribution in [2.24, 2.45) is 5.41 Å². The highest BCUT2D eigenvalue weighted by Gasteiger charge is 2.29. The summed E-state index contributed by atoms with van der Waals surface area (Å²) in [5.41, 5.74) is 1.28. The van der Waals surface area contributed by atoms with Gasteiger partial charge in [0, 0.05) is 25.0 Å². The van der Waals surface area contributed by atoms with E-state index >= 15 is 0 Å². The molecule has 0 radical (unpaired) electrons. The Balaban J connectivity index is 1.96. The summed E-state index contributed by atoms with van der Waals surface area (Å²) in [6, 6.07) is 0.343. The van der Waals surface area contributed by atoms with Gasteiger partial charge in [-0.15, -0.1) is 0 Å². The average molecular weight is 329 g/mol. The highest BCUT2D eigenvalue weighted by Crippen LogP contribution is 2.36. The molecule has 2 rings (SSSR count). The zero-order valence-electron chi connectivity index (χ0n) is 12.6. The smallest absolute Gasteiger partial charge is 0.209 e. The van der Waals surface area contributed by atoms with Gasteiger partial charge in [0.2, 0.25) is 6.41 Å². The lowest BCUT2D eigenvalue weighted by Crippen LogP contribution is -2.40. The number of aromatic nitrogens is 1. The molecule has 1 aliphatic rings. The lowest BCUT2D eigenvalue weighted by Gasteiger charge is -2.38. The Bertz CT molecular complexity index is 475. The third-order valence-electron chi connectivity index (χ3n) is 4.49. The number of rotatable bonds is 5. The normalized spacial score (nSPS) is 18.5. The van der Waals surface area contributed by atoms with Gasteiger partial charge >= 0.3 is 0 Å². The largest absolute Gasteiger partial charge is 0.342 e. The Morgan fingerprint density at radius 2 is 1.86 bits per heavy atom. The topological polar surface area (TPSA) is 33.2 Å². The maximum absolute atomic E-state index is 11.4. The van der Waals surface area contributed by atoms with E-state index in [1.54, 1.807) is 12.4 Å². The predicted molar refractivity (Wildman–Crippen MR) is 86.8 cm³/mol. The summed E-state index contributed by atoms with van der Waals surface area (Å²) in [4.78, 5) is 17.3. The molecule has 0 aliphatic heterocycles. The molecule has 1 aromatic rings. The molecule has 1 aliphatic carbocycles. The van der Waals surface area contributed by atoms with Crippen LogP contribution in [0.15, 0.2) is 12.4 Å². The van der Waals surface area contributed by atoms with Crippen LogP contribution in [0.3, 0.4) is 0 Å². The fourth-order valence-electron chi connectivity index (χ4n) is 2.95. The number of pyridine rings is 1. The van der Waals surface area contributed by atoms with Crippen molar-refractivity contribution in [2.75, 3.05) is 6.54 Å². The molecule has 0 aromatic carbocycles. The maximum atomic E-state index is 11.4. The third-order valence-corrected chi connectivity index (χ3v) is 5.14. The number of hydrogen-bond acceptors (Lipinski definition) is 2. The average Bonchev–Trinajstić information content (AvgIpc) is 2.43. The fourth-order valence-corrected chi connectivity index (χ4v) is 3.51. The van der Waals surface area contributed by atoms with Gasteiger partial charge in [-0.2, -0.15) is 0 Å². The minimum Gasteiger partial charge on any atom is -0.342 e. The summed E-state index contributed by atoms with van der Waals surface area (Å²) in [5, 5.41) is 1.14. The van der Waals surface area contributed by atoms with Crippen LogP contribution in [0.4, 0.5) is 0 Å². The molecule has 5 heteroatoms. The lowest BCUT2D eigenvalue weighted by molar-refractivity contribution is -0.121. The first-order valence-electron chi connectivity index (χ1n) is 7.42. The zero-order chi connectivity index (χ0) is 15.5. The first kappa shape index (κ1) is 16.6. The van der Waals surface area contributed by atoms with E-state index in [1.807, 2.05) is 4.90 Å². The van der Waals surface area contributed by atoms with Crippen LogP contribution in [-0.2, 0) is 11.2 Å². The molecule has 21 heavy (non-hydrogen) atoms. The second kappa shape index (κ2) is 6.97. The molecular formula is C16H22Cl2N2O. The van der Waals surface area contributed by atoms with Crippen molar-refractivity contribution in [3.8, 4) is 0 Å². The highest BCUT2D eigenvalue weighted by atomic mass is 35.5. The van der Waals surface area contributed by atoms with Crippen molar-refractivity contribution < 1.29 is 4.79 Å².